The van der Waals surface area contributed by atoms with E-state index >= 15 is 0 Å². The van der Waals surface area contributed by atoms with E-state index in [1.807, 2.05) is 77.6 Å². The molecule has 5 rings (SSSR count). The summed E-state index contributed by atoms with van der Waals surface area (Å²) >= 11 is 0. The van der Waals surface area contributed by atoms with Crippen LogP contribution < -0.4 is 10.7 Å². The Morgan fingerprint density at radius 2 is 1.67 bits per heavy atom. The van der Waals surface area contributed by atoms with E-state index in [2.05, 4.69) is 19.9 Å². The van der Waals surface area contributed by atoms with Gasteiger partial charge in [-0.1, -0.05) is 36.4 Å². The van der Waals surface area contributed by atoms with Crippen molar-refractivity contribution in [3.05, 3.63) is 114 Å². The maximum atomic E-state index is 13.0. The van der Waals surface area contributed by atoms with Gasteiger partial charge in [-0.05, 0) is 24.3 Å². The molecule has 6 nitrogen and oxygen atoms in total. The van der Waals surface area contributed by atoms with Gasteiger partial charge in [-0.15, -0.1) is 0 Å². The number of aromatic nitrogens is 4. The number of hydrogen-bond acceptors (Lipinski definition) is 4. The fraction of sp³-hybridized carbons (Fsp3) is 0.0417. The van der Waals surface area contributed by atoms with Crippen LogP contribution in [0.2, 0.25) is 0 Å². The zero-order chi connectivity index (χ0) is 20.3. The first-order chi connectivity index (χ1) is 14.8. The molecule has 0 unspecified atom stereocenters. The Balaban J connectivity index is 1.80. The Bertz CT molecular complexity index is 1340. The molecule has 0 spiro atoms. The van der Waals surface area contributed by atoms with Gasteiger partial charge in [-0.3, -0.25) is 14.3 Å². The summed E-state index contributed by atoms with van der Waals surface area (Å²) < 4.78 is 4.05. The maximum Gasteiger partial charge on any atom is 0.193 e. The van der Waals surface area contributed by atoms with E-state index in [9.17, 15) is 4.79 Å². The maximum absolute atomic E-state index is 13.0. The molecule has 3 aromatic heterocycles. The van der Waals surface area contributed by atoms with Gasteiger partial charge >= 0.3 is 0 Å². The van der Waals surface area contributed by atoms with Crippen LogP contribution in [0.4, 0.5) is 11.5 Å². The number of anilines is 2. The quantitative estimate of drug-likeness (QED) is 0.481. The summed E-state index contributed by atoms with van der Waals surface area (Å²) in [5.74, 6) is 0.697. The highest BCUT2D eigenvalue weighted by Gasteiger charge is 2.15. The van der Waals surface area contributed by atoms with Crippen LogP contribution in [0, 0.1) is 0 Å². The number of fused-ring (bicyclic) bond motifs is 1. The van der Waals surface area contributed by atoms with Crippen molar-refractivity contribution in [3.63, 3.8) is 0 Å². The Morgan fingerprint density at radius 1 is 0.900 bits per heavy atom. The van der Waals surface area contributed by atoms with E-state index in [1.54, 1.807) is 24.8 Å². The van der Waals surface area contributed by atoms with Crippen molar-refractivity contribution in [1.29, 1.82) is 0 Å². The summed E-state index contributed by atoms with van der Waals surface area (Å²) in [5.41, 5.74) is 3.56. The molecule has 0 atom stereocenters. The Morgan fingerprint density at radius 3 is 2.40 bits per heavy atom. The van der Waals surface area contributed by atoms with Gasteiger partial charge in [0, 0.05) is 47.8 Å². The van der Waals surface area contributed by atoms with Crippen LogP contribution in [0.5, 0.6) is 0 Å². The molecule has 30 heavy (non-hydrogen) atoms. The first-order valence-electron chi connectivity index (χ1n) is 9.65. The highest BCUT2D eigenvalue weighted by Crippen LogP contribution is 2.27. The molecule has 5 aromatic rings. The van der Waals surface area contributed by atoms with E-state index < -0.39 is 0 Å². The molecule has 6 heteroatoms. The van der Waals surface area contributed by atoms with Crippen molar-refractivity contribution in [1.82, 2.24) is 19.1 Å². The largest absolute Gasteiger partial charge is 0.341 e. The molecule has 0 amide bonds. The molecule has 0 aliphatic rings. The summed E-state index contributed by atoms with van der Waals surface area (Å²) in [7, 11) is 0. The standard InChI is InChI=1S/C24H19N5O/c30-22-13-23(27-19-7-3-1-4-8-19)29(20-9-5-2-6-10-20)24-18(14-26-15-21(22)24)16-28-12-11-25-17-28/h1-15,17,27H,16H2. The van der Waals surface area contributed by atoms with E-state index in [4.69, 9.17) is 0 Å². The van der Waals surface area contributed by atoms with Crippen molar-refractivity contribution in [3.8, 4) is 5.69 Å². The Labute approximate surface area is 173 Å². The summed E-state index contributed by atoms with van der Waals surface area (Å²) in [6.45, 7) is 0.561. The average Bonchev–Trinajstić information content (AvgIpc) is 3.29. The number of imidazole rings is 1. The highest BCUT2D eigenvalue weighted by atomic mass is 16.1. The van der Waals surface area contributed by atoms with Gasteiger partial charge < -0.3 is 9.88 Å². The first-order valence-corrected chi connectivity index (χ1v) is 9.65. The molecule has 0 aliphatic carbocycles. The van der Waals surface area contributed by atoms with Crippen LogP contribution in [-0.4, -0.2) is 19.1 Å². The lowest BCUT2D eigenvalue weighted by Crippen LogP contribution is -2.15. The number of benzene rings is 2. The second kappa shape index (κ2) is 7.67. The fourth-order valence-electron chi connectivity index (χ4n) is 3.63. The van der Waals surface area contributed by atoms with Crippen molar-refractivity contribution < 1.29 is 0 Å². The van der Waals surface area contributed by atoms with Crippen molar-refractivity contribution in [2.45, 2.75) is 6.54 Å². The van der Waals surface area contributed by atoms with Gasteiger partial charge in [0.15, 0.2) is 5.43 Å². The van der Waals surface area contributed by atoms with Gasteiger partial charge in [0.05, 0.1) is 23.8 Å². The van der Waals surface area contributed by atoms with E-state index in [-0.39, 0.29) is 5.43 Å². The van der Waals surface area contributed by atoms with Crippen LogP contribution in [0.3, 0.4) is 0 Å². The number of hydrogen-bond donors (Lipinski definition) is 1. The van der Waals surface area contributed by atoms with E-state index in [0.29, 0.717) is 17.7 Å². The Kier molecular flexibility index (Phi) is 4.57. The van der Waals surface area contributed by atoms with Crippen molar-refractivity contribution >= 4 is 22.4 Å². The molecular formula is C24H19N5O. The lowest BCUT2D eigenvalue weighted by Gasteiger charge is -2.20. The molecule has 0 aliphatic heterocycles. The predicted octanol–water partition coefficient (Wildman–Crippen LogP) is 4.37. The molecule has 146 valence electrons. The normalized spacial score (nSPS) is 10.9. The first kappa shape index (κ1) is 17.9. The number of para-hydroxylation sites is 2. The summed E-state index contributed by atoms with van der Waals surface area (Å²) in [6, 6.07) is 21.5. The molecule has 0 radical (unpaired) electrons. The van der Waals surface area contributed by atoms with Gasteiger partial charge in [-0.25, -0.2) is 4.98 Å². The highest BCUT2D eigenvalue weighted by molar-refractivity contribution is 5.86. The molecule has 0 saturated heterocycles. The van der Waals surface area contributed by atoms with Gasteiger partial charge in [0.2, 0.25) is 0 Å². The minimum Gasteiger partial charge on any atom is -0.341 e. The van der Waals surface area contributed by atoms with Crippen LogP contribution in [-0.2, 0) is 6.54 Å². The topological polar surface area (TPSA) is 64.7 Å². The van der Waals surface area contributed by atoms with Gasteiger partial charge in [0.1, 0.15) is 5.82 Å². The minimum absolute atomic E-state index is 0.0735. The molecule has 1 N–H and O–H groups in total. The van der Waals surface area contributed by atoms with Gasteiger partial charge in [-0.2, -0.15) is 0 Å². The van der Waals surface area contributed by atoms with Gasteiger partial charge in [0.25, 0.3) is 0 Å². The number of rotatable bonds is 5. The predicted molar refractivity (Wildman–Crippen MR) is 118 cm³/mol. The van der Waals surface area contributed by atoms with Crippen LogP contribution in [0.1, 0.15) is 5.56 Å². The zero-order valence-electron chi connectivity index (χ0n) is 16.1. The van der Waals surface area contributed by atoms with Crippen LogP contribution >= 0.6 is 0 Å². The van der Waals surface area contributed by atoms with E-state index in [0.717, 1.165) is 22.5 Å². The van der Waals surface area contributed by atoms with Crippen LogP contribution in [0.15, 0.2) is 103 Å². The fourth-order valence-corrected chi connectivity index (χ4v) is 3.63. The SMILES string of the molecule is O=c1cc(Nc2ccccc2)n(-c2ccccc2)c2c(Cn3ccnc3)cncc12. The molecule has 3 heterocycles. The molecule has 2 aromatic carbocycles. The number of pyridine rings is 2. The molecule has 0 fully saturated rings. The summed E-state index contributed by atoms with van der Waals surface area (Å²) in [4.78, 5) is 21.5. The number of nitrogens with one attached hydrogen (secondary N) is 1. The average molecular weight is 393 g/mol. The second-order valence-corrected chi connectivity index (χ2v) is 6.99. The van der Waals surface area contributed by atoms with Crippen LogP contribution in [0.25, 0.3) is 16.6 Å². The van der Waals surface area contributed by atoms with E-state index in [1.165, 1.54) is 0 Å². The lowest BCUT2D eigenvalue weighted by atomic mass is 10.1. The summed E-state index contributed by atoms with van der Waals surface area (Å²) in [6.07, 6.45) is 8.85. The lowest BCUT2D eigenvalue weighted by molar-refractivity contribution is 0.795. The third kappa shape index (κ3) is 3.35. The summed E-state index contributed by atoms with van der Waals surface area (Å²) in [5, 5.41) is 3.99. The molecular weight excluding hydrogens is 374 g/mol. The smallest absolute Gasteiger partial charge is 0.193 e. The zero-order valence-corrected chi connectivity index (χ0v) is 16.1. The second-order valence-electron chi connectivity index (χ2n) is 6.99. The number of nitrogens with zero attached hydrogens (tertiary/aromatic N) is 4. The van der Waals surface area contributed by atoms with Crippen molar-refractivity contribution in [2.24, 2.45) is 0 Å². The third-order valence-corrected chi connectivity index (χ3v) is 4.96. The monoisotopic (exact) mass is 393 g/mol. The Hall–Kier alpha value is -4.19. The minimum atomic E-state index is -0.0735. The van der Waals surface area contributed by atoms with Crippen molar-refractivity contribution in [2.75, 3.05) is 5.32 Å². The molecule has 0 bridgehead atoms. The molecule has 0 saturated carbocycles. The third-order valence-electron chi connectivity index (χ3n) is 4.96.